The number of nitrogens with zero attached hydrogens (tertiary/aromatic N) is 2. The quantitative estimate of drug-likeness (QED) is 0.653. The van der Waals surface area contributed by atoms with Crippen LogP contribution in [0.2, 0.25) is 0 Å². The SMILES string of the molecule is COCC1(CNS(=O)(=O)N(C)CCC#N)CCNCC1.Cl. The van der Waals surface area contributed by atoms with Crippen molar-refractivity contribution in [1.29, 1.82) is 5.26 Å². The Bertz CT molecular complexity index is 427. The second-order valence-electron chi connectivity index (χ2n) is 5.24. The molecular weight excluding hydrogens is 316 g/mol. The van der Waals surface area contributed by atoms with Gasteiger partial charge in [0, 0.05) is 39.1 Å². The predicted octanol–water partition coefficient (Wildman–Crippen LogP) is 0.104. The fourth-order valence-corrected chi connectivity index (χ4v) is 3.36. The summed E-state index contributed by atoms with van der Waals surface area (Å²) in [6, 6.07) is 1.94. The average molecular weight is 341 g/mol. The van der Waals surface area contributed by atoms with E-state index in [0.29, 0.717) is 13.2 Å². The number of halogens is 1. The fraction of sp³-hybridized carbons (Fsp3) is 0.917. The lowest BCUT2D eigenvalue weighted by molar-refractivity contribution is 0.0574. The molecule has 0 aromatic carbocycles. The van der Waals surface area contributed by atoms with Crippen LogP contribution in [-0.4, -0.2) is 59.7 Å². The van der Waals surface area contributed by atoms with Crippen LogP contribution in [0.1, 0.15) is 19.3 Å². The lowest BCUT2D eigenvalue weighted by atomic mass is 9.80. The number of piperidine rings is 1. The molecule has 1 rings (SSSR count). The molecule has 0 atom stereocenters. The van der Waals surface area contributed by atoms with E-state index >= 15 is 0 Å². The molecule has 0 aromatic heterocycles. The summed E-state index contributed by atoms with van der Waals surface area (Å²) in [4.78, 5) is 0. The Morgan fingerprint density at radius 3 is 2.57 bits per heavy atom. The lowest BCUT2D eigenvalue weighted by Crippen LogP contribution is -2.49. The van der Waals surface area contributed by atoms with E-state index in [-0.39, 0.29) is 30.8 Å². The van der Waals surface area contributed by atoms with Gasteiger partial charge in [-0.05, 0) is 25.9 Å². The smallest absolute Gasteiger partial charge is 0.279 e. The molecule has 0 aliphatic carbocycles. The molecule has 124 valence electrons. The van der Waals surface area contributed by atoms with Gasteiger partial charge in [0.05, 0.1) is 12.7 Å². The van der Waals surface area contributed by atoms with Gasteiger partial charge >= 0.3 is 0 Å². The van der Waals surface area contributed by atoms with Gasteiger partial charge in [0.15, 0.2) is 0 Å². The monoisotopic (exact) mass is 340 g/mol. The summed E-state index contributed by atoms with van der Waals surface area (Å²) < 4.78 is 33.2. The minimum Gasteiger partial charge on any atom is -0.384 e. The summed E-state index contributed by atoms with van der Waals surface area (Å²) in [5, 5.41) is 11.8. The van der Waals surface area contributed by atoms with Crippen molar-refractivity contribution in [3.05, 3.63) is 0 Å². The molecule has 1 saturated heterocycles. The number of nitriles is 1. The second kappa shape index (κ2) is 9.56. The molecule has 0 amide bonds. The summed E-state index contributed by atoms with van der Waals surface area (Å²) in [7, 11) is -0.419. The van der Waals surface area contributed by atoms with Crippen LogP contribution in [0.5, 0.6) is 0 Å². The number of nitrogens with one attached hydrogen (secondary N) is 2. The van der Waals surface area contributed by atoms with Crippen molar-refractivity contribution in [2.45, 2.75) is 19.3 Å². The lowest BCUT2D eigenvalue weighted by Gasteiger charge is -2.37. The zero-order valence-corrected chi connectivity index (χ0v) is 14.2. The Hall–Kier alpha value is -0.430. The van der Waals surface area contributed by atoms with Gasteiger partial charge in [0.1, 0.15) is 0 Å². The number of hydrogen-bond acceptors (Lipinski definition) is 5. The third-order valence-corrected chi connectivity index (χ3v) is 5.21. The van der Waals surface area contributed by atoms with E-state index in [2.05, 4.69) is 10.0 Å². The summed E-state index contributed by atoms with van der Waals surface area (Å²) in [6.45, 7) is 2.84. The Labute approximate surface area is 133 Å². The summed E-state index contributed by atoms with van der Waals surface area (Å²) in [5.41, 5.74) is -0.150. The zero-order valence-electron chi connectivity index (χ0n) is 12.6. The van der Waals surface area contributed by atoms with Crippen molar-refractivity contribution in [1.82, 2.24) is 14.3 Å². The first kappa shape index (κ1) is 20.6. The van der Waals surface area contributed by atoms with Gasteiger partial charge < -0.3 is 10.1 Å². The highest BCUT2D eigenvalue weighted by atomic mass is 35.5. The fourth-order valence-electron chi connectivity index (χ4n) is 2.32. The van der Waals surface area contributed by atoms with Crippen molar-refractivity contribution in [2.24, 2.45) is 5.41 Å². The molecule has 0 bridgehead atoms. The van der Waals surface area contributed by atoms with E-state index in [9.17, 15) is 8.42 Å². The minimum absolute atomic E-state index is 0. The normalized spacial score (nSPS) is 18.0. The third-order valence-electron chi connectivity index (χ3n) is 3.69. The number of hydrogen-bond donors (Lipinski definition) is 2. The molecule has 21 heavy (non-hydrogen) atoms. The van der Waals surface area contributed by atoms with Gasteiger partial charge in [0.25, 0.3) is 10.2 Å². The molecule has 2 N–H and O–H groups in total. The van der Waals surface area contributed by atoms with Crippen LogP contribution in [0, 0.1) is 16.7 Å². The Balaban J connectivity index is 0.00000400. The van der Waals surface area contributed by atoms with Gasteiger partial charge in [-0.25, -0.2) is 4.72 Å². The highest BCUT2D eigenvalue weighted by Crippen LogP contribution is 2.28. The predicted molar refractivity (Wildman–Crippen MR) is 83.4 cm³/mol. The van der Waals surface area contributed by atoms with Crippen molar-refractivity contribution in [3.63, 3.8) is 0 Å². The first-order chi connectivity index (χ1) is 9.46. The topological polar surface area (TPSA) is 94.5 Å². The van der Waals surface area contributed by atoms with Crippen LogP contribution in [-0.2, 0) is 14.9 Å². The molecular formula is C12H25ClN4O3S. The molecule has 0 saturated carbocycles. The first-order valence-electron chi connectivity index (χ1n) is 6.73. The molecule has 0 spiro atoms. The van der Waals surface area contributed by atoms with E-state index in [1.54, 1.807) is 7.11 Å². The number of rotatable bonds is 8. The van der Waals surface area contributed by atoms with Gasteiger partial charge in [0.2, 0.25) is 0 Å². The molecule has 1 fully saturated rings. The first-order valence-corrected chi connectivity index (χ1v) is 8.17. The zero-order chi connectivity index (χ0) is 15.1. The van der Waals surface area contributed by atoms with Crippen LogP contribution in [0.25, 0.3) is 0 Å². The summed E-state index contributed by atoms with van der Waals surface area (Å²) in [6.07, 6.45) is 1.95. The average Bonchev–Trinajstić information content (AvgIpc) is 2.44. The summed E-state index contributed by atoms with van der Waals surface area (Å²) in [5.74, 6) is 0. The van der Waals surface area contributed by atoms with Gasteiger partial charge in [-0.15, -0.1) is 12.4 Å². The standard InChI is InChI=1S/C12H24N4O3S.ClH/c1-16(9-3-6-13)20(17,18)15-10-12(11-19-2)4-7-14-8-5-12;/h14-15H,3-5,7-11H2,1-2H3;1H. The number of methoxy groups -OCH3 is 1. The Morgan fingerprint density at radius 2 is 2.05 bits per heavy atom. The van der Waals surface area contributed by atoms with E-state index in [4.69, 9.17) is 10.00 Å². The maximum atomic E-state index is 12.1. The van der Waals surface area contributed by atoms with Crippen molar-refractivity contribution < 1.29 is 13.2 Å². The van der Waals surface area contributed by atoms with Crippen LogP contribution < -0.4 is 10.0 Å². The van der Waals surface area contributed by atoms with Gasteiger partial charge in [-0.1, -0.05) is 0 Å². The minimum atomic E-state index is -3.53. The van der Waals surface area contributed by atoms with Crippen LogP contribution >= 0.6 is 12.4 Å². The largest absolute Gasteiger partial charge is 0.384 e. The van der Waals surface area contributed by atoms with Crippen molar-refractivity contribution in [3.8, 4) is 6.07 Å². The van der Waals surface area contributed by atoms with E-state index in [1.165, 1.54) is 11.4 Å². The Kier molecular flexibility index (Phi) is 9.36. The van der Waals surface area contributed by atoms with Crippen LogP contribution in [0.3, 0.4) is 0 Å². The molecule has 0 unspecified atom stereocenters. The third kappa shape index (κ3) is 6.46. The van der Waals surface area contributed by atoms with Crippen LogP contribution in [0.15, 0.2) is 0 Å². The molecule has 1 aliphatic rings. The van der Waals surface area contributed by atoms with E-state index in [1.807, 2.05) is 6.07 Å². The maximum Gasteiger partial charge on any atom is 0.279 e. The molecule has 1 heterocycles. The molecule has 0 radical (unpaired) electrons. The Morgan fingerprint density at radius 1 is 1.43 bits per heavy atom. The van der Waals surface area contributed by atoms with E-state index in [0.717, 1.165) is 25.9 Å². The highest BCUT2D eigenvalue weighted by Gasteiger charge is 2.33. The van der Waals surface area contributed by atoms with Crippen molar-refractivity contribution in [2.75, 3.05) is 46.9 Å². The van der Waals surface area contributed by atoms with Gasteiger partial charge in [-0.3, -0.25) is 0 Å². The van der Waals surface area contributed by atoms with Crippen molar-refractivity contribution >= 4 is 22.6 Å². The molecule has 1 aliphatic heterocycles. The molecule has 7 nitrogen and oxygen atoms in total. The second-order valence-corrected chi connectivity index (χ2v) is 7.10. The van der Waals surface area contributed by atoms with E-state index < -0.39 is 10.2 Å². The number of ether oxygens (including phenoxy) is 1. The molecule has 9 heteroatoms. The summed E-state index contributed by atoms with van der Waals surface area (Å²) >= 11 is 0. The van der Waals surface area contributed by atoms with Gasteiger partial charge in [-0.2, -0.15) is 18.0 Å². The maximum absolute atomic E-state index is 12.1. The molecule has 0 aromatic rings. The highest BCUT2D eigenvalue weighted by molar-refractivity contribution is 7.87. The van der Waals surface area contributed by atoms with Crippen LogP contribution in [0.4, 0.5) is 0 Å².